The number of ketones is 1. The molecular formula is C23H24O5. The molecule has 5 nitrogen and oxygen atoms in total. The van der Waals surface area contributed by atoms with Gasteiger partial charge in [-0.25, -0.2) is 4.79 Å². The first-order valence-electron chi connectivity index (χ1n) is 9.32. The maximum absolute atomic E-state index is 12.4. The number of carbonyl (C=O) groups excluding carboxylic acids is 2. The lowest BCUT2D eigenvalue weighted by Crippen LogP contribution is -2.14. The van der Waals surface area contributed by atoms with Crippen molar-refractivity contribution in [2.24, 2.45) is 0 Å². The summed E-state index contributed by atoms with van der Waals surface area (Å²) in [4.78, 5) is 24.8. The predicted molar refractivity (Wildman–Crippen MR) is 107 cm³/mol. The highest BCUT2D eigenvalue weighted by molar-refractivity contribution is 6.00. The third-order valence-corrected chi connectivity index (χ3v) is 5.08. The molecule has 0 aliphatic heterocycles. The van der Waals surface area contributed by atoms with Gasteiger partial charge in [-0.15, -0.1) is 0 Å². The number of Topliss-reactive ketones (excluding diaryl/α,β-unsaturated/α-hetero) is 1. The molecule has 2 aromatic carbocycles. The van der Waals surface area contributed by atoms with E-state index in [-0.39, 0.29) is 18.2 Å². The monoisotopic (exact) mass is 380 g/mol. The lowest BCUT2D eigenvalue weighted by molar-refractivity contribution is 0.0445. The fourth-order valence-electron chi connectivity index (χ4n) is 3.03. The smallest absolute Gasteiger partial charge is 0.375 e. The Morgan fingerprint density at radius 1 is 1.11 bits per heavy atom. The third-order valence-electron chi connectivity index (χ3n) is 5.08. The second kappa shape index (κ2) is 8.30. The van der Waals surface area contributed by atoms with E-state index in [1.54, 1.807) is 44.4 Å². The molecular weight excluding hydrogens is 356 g/mol. The van der Waals surface area contributed by atoms with E-state index in [4.69, 9.17) is 13.9 Å². The largest absolute Gasteiger partial charge is 0.497 e. The zero-order chi connectivity index (χ0) is 20.3. The SMILES string of the molecule is CC[C@@H](C)c1ccc(C(=O)COC(=O)c2oc3ccc(OC)cc3c2C)cc1. The summed E-state index contributed by atoms with van der Waals surface area (Å²) in [7, 11) is 1.58. The Balaban J connectivity index is 1.69. The number of hydrogen-bond acceptors (Lipinski definition) is 5. The number of furan rings is 1. The van der Waals surface area contributed by atoms with Gasteiger partial charge in [-0.1, -0.05) is 38.1 Å². The molecule has 0 bridgehead atoms. The van der Waals surface area contributed by atoms with Crippen molar-refractivity contribution in [1.82, 2.24) is 0 Å². The predicted octanol–water partition coefficient (Wildman–Crippen LogP) is 5.30. The molecule has 0 aliphatic rings. The second-order valence-electron chi connectivity index (χ2n) is 6.85. The van der Waals surface area contributed by atoms with Gasteiger partial charge in [0.2, 0.25) is 5.76 Å². The molecule has 0 unspecified atom stereocenters. The number of methoxy groups -OCH3 is 1. The number of carbonyl (C=O) groups is 2. The topological polar surface area (TPSA) is 65.7 Å². The molecule has 146 valence electrons. The summed E-state index contributed by atoms with van der Waals surface area (Å²) >= 11 is 0. The zero-order valence-corrected chi connectivity index (χ0v) is 16.6. The van der Waals surface area contributed by atoms with E-state index in [0.29, 0.717) is 28.4 Å². The van der Waals surface area contributed by atoms with Crippen LogP contribution in [0, 0.1) is 6.92 Å². The maximum Gasteiger partial charge on any atom is 0.375 e. The summed E-state index contributed by atoms with van der Waals surface area (Å²) in [6, 6.07) is 12.7. The van der Waals surface area contributed by atoms with Crippen molar-refractivity contribution in [2.45, 2.75) is 33.1 Å². The van der Waals surface area contributed by atoms with E-state index in [2.05, 4.69) is 13.8 Å². The first kappa shape index (κ1) is 19.7. The number of hydrogen-bond donors (Lipinski definition) is 0. The van der Waals surface area contributed by atoms with Crippen LogP contribution in [0.3, 0.4) is 0 Å². The van der Waals surface area contributed by atoms with Crippen LogP contribution < -0.4 is 4.74 Å². The van der Waals surface area contributed by atoms with Crippen LogP contribution in [-0.4, -0.2) is 25.5 Å². The minimum atomic E-state index is -0.655. The van der Waals surface area contributed by atoms with Gasteiger partial charge >= 0.3 is 5.97 Å². The number of benzene rings is 2. The van der Waals surface area contributed by atoms with Crippen molar-refractivity contribution in [3.63, 3.8) is 0 Å². The van der Waals surface area contributed by atoms with E-state index in [9.17, 15) is 9.59 Å². The fourth-order valence-corrected chi connectivity index (χ4v) is 3.03. The number of fused-ring (bicyclic) bond motifs is 1. The minimum absolute atomic E-state index is 0.100. The molecule has 28 heavy (non-hydrogen) atoms. The van der Waals surface area contributed by atoms with Crippen LogP contribution in [0.2, 0.25) is 0 Å². The molecule has 3 rings (SSSR count). The Hall–Kier alpha value is -3.08. The van der Waals surface area contributed by atoms with Crippen LogP contribution >= 0.6 is 0 Å². The van der Waals surface area contributed by atoms with E-state index in [1.807, 2.05) is 12.1 Å². The molecule has 1 aromatic heterocycles. The molecule has 0 amide bonds. The molecule has 5 heteroatoms. The van der Waals surface area contributed by atoms with Crippen LogP contribution in [0.4, 0.5) is 0 Å². The highest BCUT2D eigenvalue weighted by Crippen LogP contribution is 2.29. The molecule has 0 saturated carbocycles. The van der Waals surface area contributed by atoms with Gasteiger partial charge in [-0.2, -0.15) is 0 Å². The van der Waals surface area contributed by atoms with Gasteiger partial charge < -0.3 is 13.9 Å². The van der Waals surface area contributed by atoms with Gasteiger partial charge in [0, 0.05) is 16.5 Å². The van der Waals surface area contributed by atoms with Gasteiger partial charge in [-0.05, 0) is 43.0 Å². The Bertz CT molecular complexity index is 998. The van der Waals surface area contributed by atoms with Crippen molar-refractivity contribution in [2.75, 3.05) is 13.7 Å². The lowest BCUT2D eigenvalue weighted by Gasteiger charge is -2.09. The molecule has 3 aromatic rings. The molecule has 0 spiro atoms. The van der Waals surface area contributed by atoms with E-state index < -0.39 is 5.97 Å². The highest BCUT2D eigenvalue weighted by atomic mass is 16.5. The average molecular weight is 380 g/mol. The van der Waals surface area contributed by atoms with E-state index in [0.717, 1.165) is 11.8 Å². The molecule has 1 atom stereocenters. The second-order valence-corrected chi connectivity index (χ2v) is 6.85. The van der Waals surface area contributed by atoms with Gasteiger partial charge in [0.25, 0.3) is 0 Å². The summed E-state index contributed by atoms with van der Waals surface area (Å²) in [5, 5.41) is 0.776. The molecule has 0 N–H and O–H groups in total. The van der Waals surface area contributed by atoms with Gasteiger partial charge in [0.05, 0.1) is 7.11 Å². The van der Waals surface area contributed by atoms with Crippen molar-refractivity contribution in [3.8, 4) is 5.75 Å². The van der Waals surface area contributed by atoms with Gasteiger partial charge in [0.1, 0.15) is 11.3 Å². The van der Waals surface area contributed by atoms with E-state index >= 15 is 0 Å². The molecule has 0 aliphatic carbocycles. The van der Waals surface area contributed by atoms with Crippen molar-refractivity contribution in [3.05, 3.63) is 64.9 Å². The van der Waals surface area contributed by atoms with Crippen molar-refractivity contribution in [1.29, 1.82) is 0 Å². The zero-order valence-electron chi connectivity index (χ0n) is 16.6. The van der Waals surface area contributed by atoms with Crippen LogP contribution in [0.1, 0.15) is 58.2 Å². The summed E-state index contributed by atoms with van der Waals surface area (Å²) in [5.74, 6) is 0.309. The summed E-state index contributed by atoms with van der Waals surface area (Å²) < 4.78 is 16.0. The highest BCUT2D eigenvalue weighted by Gasteiger charge is 2.21. The number of rotatable bonds is 7. The minimum Gasteiger partial charge on any atom is -0.497 e. The van der Waals surface area contributed by atoms with Crippen LogP contribution in [0.25, 0.3) is 11.0 Å². The lowest BCUT2D eigenvalue weighted by atomic mass is 9.97. The number of aryl methyl sites for hydroxylation is 1. The average Bonchev–Trinajstić information content (AvgIpc) is 3.07. The first-order chi connectivity index (χ1) is 13.4. The van der Waals surface area contributed by atoms with Crippen LogP contribution in [-0.2, 0) is 4.74 Å². The Labute approximate surface area is 164 Å². The summed E-state index contributed by atoms with van der Waals surface area (Å²) in [6.45, 7) is 5.71. The standard InChI is InChI=1S/C23H24O5/c1-5-14(2)16-6-8-17(9-7-16)20(24)13-27-23(25)22-15(3)19-12-18(26-4)10-11-21(19)28-22/h6-12,14H,5,13H2,1-4H3/t14-/m1/s1. The molecule has 1 heterocycles. The molecule has 0 radical (unpaired) electrons. The van der Waals surface area contributed by atoms with E-state index in [1.165, 1.54) is 5.56 Å². The molecule has 0 fully saturated rings. The van der Waals surface area contributed by atoms with Gasteiger partial charge in [-0.3, -0.25) is 4.79 Å². The third kappa shape index (κ3) is 3.93. The molecule has 0 saturated heterocycles. The maximum atomic E-state index is 12.4. The first-order valence-corrected chi connectivity index (χ1v) is 9.32. The van der Waals surface area contributed by atoms with Crippen LogP contribution in [0.15, 0.2) is 46.9 Å². The van der Waals surface area contributed by atoms with Crippen LogP contribution in [0.5, 0.6) is 5.75 Å². The normalized spacial score (nSPS) is 12.0. The van der Waals surface area contributed by atoms with Crippen molar-refractivity contribution < 1.29 is 23.5 Å². The van der Waals surface area contributed by atoms with Gasteiger partial charge in [0.15, 0.2) is 12.4 Å². The summed E-state index contributed by atoms with van der Waals surface area (Å²) in [5.41, 5.74) is 2.93. The Morgan fingerprint density at radius 3 is 2.46 bits per heavy atom. The number of esters is 1. The fraction of sp³-hybridized carbons (Fsp3) is 0.304. The quantitative estimate of drug-likeness (QED) is 0.411. The summed E-state index contributed by atoms with van der Waals surface area (Å²) in [6.07, 6.45) is 1.04. The van der Waals surface area contributed by atoms with Crippen molar-refractivity contribution >= 4 is 22.7 Å². The Kier molecular flexibility index (Phi) is 5.83. The number of ether oxygens (including phenoxy) is 2. The Morgan fingerprint density at radius 2 is 1.82 bits per heavy atom.